The van der Waals surface area contributed by atoms with Crippen LogP contribution >= 0.6 is 0 Å². The first-order valence-electron chi connectivity index (χ1n) is 5.74. The molecule has 2 atom stereocenters. The number of benzene rings is 1. The van der Waals surface area contributed by atoms with Gasteiger partial charge in [-0.1, -0.05) is 18.2 Å². The summed E-state index contributed by atoms with van der Waals surface area (Å²) < 4.78 is 5.71. The standard InChI is InChI=1S/C13H17NO/c1-14-9-10-8-13(10)6-7-15-12-5-3-2-4-11(12)13/h2-5,10,14H,6-9H2,1H3/t10-,13-/m1/s1. The van der Waals surface area contributed by atoms with Gasteiger partial charge in [-0.3, -0.25) is 0 Å². The Labute approximate surface area is 90.6 Å². The van der Waals surface area contributed by atoms with E-state index in [1.54, 1.807) is 0 Å². The molecule has 1 N–H and O–H groups in total. The van der Waals surface area contributed by atoms with Gasteiger partial charge in [0.05, 0.1) is 6.61 Å². The van der Waals surface area contributed by atoms with E-state index in [2.05, 4.69) is 29.6 Å². The molecular formula is C13H17NO. The average Bonchev–Trinajstić information content (AvgIpc) is 2.94. The summed E-state index contributed by atoms with van der Waals surface area (Å²) >= 11 is 0. The fraction of sp³-hybridized carbons (Fsp3) is 0.538. The van der Waals surface area contributed by atoms with Gasteiger partial charge < -0.3 is 10.1 Å². The molecule has 1 aliphatic carbocycles. The fourth-order valence-electron chi connectivity index (χ4n) is 3.01. The van der Waals surface area contributed by atoms with Gasteiger partial charge in [0, 0.05) is 11.0 Å². The normalized spacial score (nSPS) is 32.2. The lowest BCUT2D eigenvalue weighted by Crippen LogP contribution is -2.24. The summed E-state index contributed by atoms with van der Waals surface area (Å²) in [5.74, 6) is 1.93. The SMILES string of the molecule is CNC[C@H]1C[C@]12CCOc1ccccc12. The van der Waals surface area contributed by atoms with E-state index in [0.29, 0.717) is 5.41 Å². The van der Waals surface area contributed by atoms with E-state index in [9.17, 15) is 0 Å². The summed E-state index contributed by atoms with van der Waals surface area (Å²) in [6, 6.07) is 8.53. The summed E-state index contributed by atoms with van der Waals surface area (Å²) in [6.45, 7) is 2.02. The lowest BCUT2D eigenvalue weighted by atomic mass is 9.87. The van der Waals surface area contributed by atoms with Gasteiger partial charge in [-0.25, -0.2) is 0 Å². The van der Waals surface area contributed by atoms with Crippen molar-refractivity contribution in [3.05, 3.63) is 29.8 Å². The molecular weight excluding hydrogens is 186 g/mol. The monoisotopic (exact) mass is 203 g/mol. The highest BCUT2D eigenvalue weighted by molar-refractivity contribution is 5.46. The van der Waals surface area contributed by atoms with Crippen LogP contribution in [0.3, 0.4) is 0 Å². The molecule has 0 radical (unpaired) electrons. The second-order valence-corrected chi connectivity index (χ2v) is 4.71. The number of para-hydroxylation sites is 1. The fourth-order valence-corrected chi connectivity index (χ4v) is 3.01. The van der Waals surface area contributed by atoms with Crippen molar-refractivity contribution in [2.45, 2.75) is 18.3 Å². The predicted octanol–water partition coefficient (Wildman–Crippen LogP) is 1.95. The lowest BCUT2D eigenvalue weighted by Gasteiger charge is -2.27. The molecule has 1 spiro atoms. The summed E-state index contributed by atoms with van der Waals surface area (Å²) in [4.78, 5) is 0. The van der Waals surface area contributed by atoms with Crippen molar-refractivity contribution in [1.29, 1.82) is 0 Å². The molecule has 1 aromatic carbocycles. The van der Waals surface area contributed by atoms with Crippen LogP contribution in [0.15, 0.2) is 24.3 Å². The zero-order chi connectivity index (χ0) is 10.3. The third-order valence-corrected chi connectivity index (χ3v) is 3.91. The predicted molar refractivity (Wildman–Crippen MR) is 60.3 cm³/mol. The lowest BCUT2D eigenvalue weighted by molar-refractivity contribution is 0.253. The zero-order valence-corrected chi connectivity index (χ0v) is 9.12. The Hall–Kier alpha value is -1.02. The number of hydrogen-bond acceptors (Lipinski definition) is 2. The maximum absolute atomic E-state index is 5.71. The minimum Gasteiger partial charge on any atom is -0.493 e. The van der Waals surface area contributed by atoms with Crippen molar-refractivity contribution in [3.8, 4) is 5.75 Å². The topological polar surface area (TPSA) is 21.3 Å². The highest BCUT2D eigenvalue weighted by atomic mass is 16.5. The highest BCUT2D eigenvalue weighted by Gasteiger charge is 2.56. The molecule has 3 rings (SSSR count). The first-order chi connectivity index (χ1) is 7.37. The van der Waals surface area contributed by atoms with Gasteiger partial charge in [-0.05, 0) is 38.4 Å². The minimum absolute atomic E-state index is 0.442. The van der Waals surface area contributed by atoms with Gasteiger partial charge in [-0.2, -0.15) is 0 Å². The molecule has 0 saturated heterocycles. The Kier molecular flexibility index (Phi) is 1.99. The van der Waals surface area contributed by atoms with Gasteiger partial charge in [0.1, 0.15) is 5.75 Å². The number of hydrogen-bond donors (Lipinski definition) is 1. The maximum atomic E-state index is 5.71. The number of rotatable bonds is 2. The Morgan fingerprint density at radius 2 is 2.33 bits per heavy atom. The molecule has 0 unspecified atom stereocenters. The van der Waals surface area contributed by atoms with Crippen molar-refractivity contribution in [3.63, 3.8) is 0 Å². The second kappa shape index (κ2) is 3.24. The Bertz CT molecular complexity index is 377. The number of ether oxygens (including phenoxy) is 1. The Morgan fingerprint density at radius 1 is 1.47 bits per heavy atom. The van der Waals surface area contributed by atoms with Gasteiger partial charge in [0.15, 0.2) is 0 Å². The van der Waals surface area contributed by atoms with E-state index < -0.39 is 0 Å². The molecule has 80 valence electrons. The molecule has 0 aromatic heterocycles. The van der Waals surface area contributed by atoms with Crippen LogP contribution in [0.25, 0.3) is 0 Å². The quantitative estimate of drug-likeness (QED) is 0.793. The van der Waals surface area contributed by atoms with Crippen LogP contribution in [-0.4, -0.2) is 20.2 Å². The van der Waals surface area contributed by atoms with Gasteiger partial charge in [0.2, 0.25) is 0 Å². The second-order valence-electron chi connectivity index (χ2n) is 4.71. The van der Waals surface area contributed by atoms with Gasteiger partial charge in [0.25, 0.3) is 0 Å². The molecule has 1 fully saturated rings. The largest absolute Gasteiger partial charge is 0.493 e. The molecule has 0 amide bonds. The zero-order valence-electron chi connectivity index (χ0n) is 9.12. The molecule has 1 aliphatic heterocycles. The third-order valence-electron chi connectivity index (χ3n) is 3.91. The molecule has 1 aromatic rings. The molecule has 1 heterocycles. The van der Waals surface area contributed by atoms with Crippen molar-refractivity contribution in [1.82, 2.24) is 5.32 Å². The smallest absolute Gasteiger partial charge is 0.123 e. The van der Waals surface area contributed by atoms with E-state index in [-0.39, 0.29) is 0 Å². The first-order valence-corrected chi connectivity index (χ1v) is 5.74. The average molecular weight is 203 g/mol. The van der Waals surface area contributed by atoms with Crippen LogP contribution < -0.4 is 10.1 Å². The van der Waals surface area contributed by atoms with Crippen molar-refractivity contribution < 1.29 is 4.74 Å². The summed E-state index contributed by atoms with van der Waals surface area (Å²) in [6.07, 6.45) is 2.52. The number of nitrogens with one attached hydrogen (secondary N) is 1. The van der Waals surface area contributed by atoms with Crippen LogP contribution in [0, 0.1) is 5.92 Å². The van der Waals surface area contributed by atoms with Crippen LogP contribution in [0.4, 0.5) is 0 Å². The highest BCUT2D eigenvalue weighted by Crippen LogP contribution is 2.60. The molecule has 2 aliphatic rings. The molecule has 1 saturated carbocycles. The Morgan fingerprint density at radius 3 is 3.20 bits per heavy atom. The molecule has 0 bridgehead atoms. The van der Waals surface area contributed by atoms with Gasteiger partial charge >= 0.3 is 0 Å². The van der Waals surface area contributed by atoms with Crippen LogP contribution in [-0.2, 0) is 5.41 Å². The Balaban J connectivity index is 1.94. The van der Waals surface area contributed by atoms with Crippen molar-refractivity contribution in [2.75, 3.05) is 20.2 Å². The van der Waals surface area contributed by atoms with E-state index in [1.165, 1.54) is 18.4 Å². The van der Waals surface area contributed by atoms with Crippen LogP contribution in [0.5, 0.6) is 5.75 Å². The maximum Gasteiger partial charge on any atom is 0.123 e. The summed E-state index contributed by atoms with van der Waals surface area (Å²) in [7, 11) is 2.04. The third kappa shape index (κ3) is 1.28. The summed E-state index contributed by atoms with van der Waals surface area (Å²) in [5, 5.41) is 3.29. The molecule has 2 heteroatoms. The van der Waals surface area contributed by atoms with Crippen molar-refractivity contribution >= 4 is 0 Å². The van der Waals surface area contributed by atoms with Crippen molar-refractivity contribution in [2.24, 2.45) is 5.92 Å². The van der Waals surface area contributed by atoms with Gasteiger partial charge in [-0.15, -0.1) is 0 Å². The molecule has 15 heavy (non-hydrogen) atoms. The van der Waals surface area contributed by atoms with Crippen LogP contribution in [0.2, 0.25) is 0 Å². The summed E-state index contributed by atoms with van der Waals surface area (Å²) in [5.41, 5.74) is 1.88. The van der Waals surface area contributed by atoms with Crippen LogP contribution in [0.1, 0.15) is 18.4 Å². The van der Waals surface area contributed by atoms with E-state index in [1.807, 2.05) is 7.05 Å². The number of fused-ring (bicyclic) bond motifs is 2. The molecule has 2 nitrogen and oxygen atoms in total. The minimum atomic E-state index is 0.442. The first kappa shape index (κ1) is 9.22. The van der Waals surface area contributed by atoms with E-state index in [0.717, 1.165) is 24.8 Å². The van der Waals surface area contributed by atoms with E-state index in [4.69, 9.17) is 4.74 Å². The van der Waals surface area contributed by atoms with E-state index >= 15 is 0 Å².